The summed E-state index contributed by atoms with van der Waals surface area (Å²) in [5.74, 6) is -0.111. The molecule has 1 saturated heterocycles. The van der Waals surface area contributed by atoms with Crippen LogP contribution in [0.1, 0.15) is 12.8 Å². The first-order valence-corrected chi connectivity index (χ1v) is 6.62. The molecule has 1 aromatic heterocycles. The monoisotopic (exact) mass is 328 g/mol. The van der Waals surface area contributed by atoms with Gasteiger partial charge in [-0.2, -0.15) is 0 Å². The van der Waals surface area contributed by atoms with Gasteiger partial charge in [0.15, 0.2) is 0 Å². The minimum Gasteiger partial charge on any atom is -0.369 e. The third-order valence-corrected chi connectivity index (χ3v) is 3.64. The predicted molar refractivity (Wildman–Crippen MR) is 72.7 cm³/mol. The van der Waals surface area contributed by atoms with Gasteiger partial charge in [-0.25, -0.2) is 4.98 Å². The highest BCUT2D eigenvalue weighted by molar-refractivity contribution is 9.10. The van der Waals surface area contributed by atoms with Crippen molar-refractivity contribution in [2.75, 3.05) is 18.0 Å². The lowest BCUT2D eigenvalue weighted by Crippen LogP contribution is -2.39. The largest absolute Gasteiger partial charge is 0.369 e. The lowest BCUT2D eigenvalue weighted by molar-refractivity contribution is -0.384. The number of carbonyl (C=O) groups excluding carboxylic acids is 1. The number of hydrogen-bond donors (Lipinski definition) is 1. The molecule has 7 nitrogen and oxygen atoms in total. The first-order chi connectivity index (χ1) is 8.99. The maximum Gasteiger partial charge on any atom is 0.312 e. The number of anilines is 1. The highest BCUT2D eigenvalue weighted by atomic mass is 79.9. The van der Waals surface area contributed by atoms with Gasteiger partial charge >= 0.3 is 5.69 Å². The molecule has 8 heteroatoms. The summed E-state index contributed by atoms with van der Waals surface area (Å²) < 4.78 is 0.565. The summed E-state index contributed by atoms with van der Waals surface area (Å²) in [6.07, 6.45) is 2.73. The fourth-order valence-corrected chi connectivity index (χ4v) is 2.49. The normalized spacial score (nSPS) is 16.4. The minimum absolute atomic E-state index is 0.0353. The number of hydrogen-bond acceptors (Lipinski definition) is 5. The number of nitro groups is 1. The van der Waals surface area contributed by atoms with Gasteiger partial charge in [-0.1, -0.05) is 0 Å². The van der Waals surface area contributed by atoms with Gasteiger partial charge in [0.25, 0.3) is 0 Å². The first kappa shape index (κ1) is 13.7. The van der Waals surface area contributed by atoms with E-state index >= 15 is 0 Å². The molecular formula is C11H13BrN4O3. The van der Waals surface area contributed by atoms with Crippen LogP contribution >= 0.6 is 15.9 Å². The average molecular weight is 329 g/mol. The number of piperidine rings is 1. The Bertz CT molecular complexity index is 515. The zero-order chi connectivity index (χ0) is 14.0. The Morgan fingerprint density at radius 2 is 2.16 bits per heavy atom. The van der Waals surface area contributed by atoms with E-state index in [2.05, 4.69) is 20.9 Å². The standard InChI is InChI=1S/C11H13BrN4O3/c12-8-5-9(16(18)19)11(14-6-8)15-3-1-7(2-4-15)10(13)17/h5-7H,1-4H2,(H2,13,17). The van der Waals surface area contributed by atoms with Gasteiger partial charge in [-0.05, 0) is 28.8 Å². The van der Waals surface area contributed by atoms with Crippen LogP contribution in [-0.4, -0.2) is 28.9 Å². The molecule has 0 aliphatic carbocycles. The Hall–Kier alpha value is -1.70. The number of primary amides is 1. The maximum atomic E-state index is 11.1. The van der Waals surface area contributed by atoms with Gasteiger partial charge in [0.05, 0.1) is 4.92 Å². The van der Waals surface area contributed by atoms with E-state index < -0.39 is 4.92 Å². The van der Waals surface area contributed by atoms with Gasteiger partial charge in [0.1, 0.15) is 0 Å². The van der Waals surface area contributed by atoms with E-state index in [1.807, 2.05) is 4.90 Å². The molecule has 19 heavy (non-hydrogen) atoms. The fourth-order valence-electron chi connectivity index (χ4n) is 2.18. The third-order valence-electron chi connectivity index (χ3n) is 3.21. The summed E-state index contributed by atoms with van der Waals surface area (Å²) >= 11 is 3.17. The smallest absolute Gasteiger partial charge is 0.312 e. The van der Waals surface area contributed by atoms with Gasteiger partial charge in [0.2, 0.25) is 11.7 Å². The molecule has 0 aromatic carbocycles. The Morgan fingerprint density at radius 1 is 1.53 bits per heavy atom. The number of amides is 1. The van der Waals surface area contributed by atoms with Crippen LogP contribution in [0.4, 0.5) is 11.5 Å². The summed E-state index contributed by atoms with van der Waals surface area (Å²) in [6, 6.07) is 1.43. The molecular weight excluding hydrogens is 316 g/mol. The predicted octanol–water partition coefficient (Wildman–Crippen LogP) is 1.45. The summed E-state index contributed by atoms with van der Waals surface area (Å²) in [7, 11) is 0. The van der Waals surface area contributed by atoms with Crippen LogP contribution in [0.5, 0.6) is 0 Å². The second kappa shape index (κ2) is 5.52. The van der Waals surface area contributed by atoms with Crippen LogP contribution in [0.2, 0.25) is 0 Å². The lowest BCUT2D eigenvalue weighted by atomic mass is 9.96. The molecule has 0 atom stereocenters. The minimum atomic E-state index is -0.451. The summed E-state index contributed by atoms with van der Waals surface area (Å²) in [4.78, 5) is 27.6. The van der Waals surface area contributed by atoms with Crippen molar-refractivity contribution >= 4 is 33.3 Å². The molecule has 0 bridgehead atoms. The number of nitrogens with zero attached hydrogens (tertiary/aromatic N) is 3. The van der Waals surface area contributed by atoms with Gasteiger partial charge in [-0.3, -0.25) is 14.9 Å². The Balaban J connectivity index is 2.20. The van der Waals surface area contributed by atoms with Crippen LogP contribution < -0.4 is 10.6 Å². The van der Waals surface area contributed by atoms with Crippen molar-refractivity contribution in [1.29, 1.82) is 0 Å². The molecule has 0 spiro atoms. The van der Waals surface area contributed by atoms with Crippen LogP contribution in [-0.2, 0) is 4.79 Å². The molecule has 102 valence electrons. The van der Waals surface area contributed by atoms with Crippen molar-refractivity contribution in [1.82, 2.24) is 4.98 Å². The van der Waals surface area contributed by atoms with Crippen LogP contribution in [0.25, 0.3) is 0 Å². The van der Waals surface area contributed by atoms with E-state index in [0.717, 1.165) is 0 Å². The van der Waals surface area contributed by atoms with Crippen molar-refractivity contribution in [2.24, 2.45) is 11.7 Å². The maximum absolute atomic E-state index is 11.1. The number of rotatable bonds is 3. The third kappa shape index (κ3) is 3.01. The Labute approximate surface area is 118 Å². The summed E-state index contributed by atoms with van der Waals surface area (Å²) in [6.45, 7) is 1.09. The zero-order valence-corrected chi connectivity index (χ0v) is 11.7. The number of aromatic nitrogens is 1. The Kier molecular flexibility index (Phi) is 3.98. The number of nitrogens with two attached hydrogens (primary N) is 1. The van der Waals surface area contributed by atoms with Crippen molar-refractivity contribution in [3.63, 3.8) is 0 Å². The quantitative estimate of drug-likeness (QED) is 0.668. The van der Waals surface area contributed by atoms with Gasteiger partial charge in [-0.15, -0.1) is 0 Å². The summed E-state index contributed by atoms with van der Waals surface area (Å²) in [5, 5.41) is 11.0. The molecule has 2 rings (SSSR count). The molecule has 0 radical (unpaired) electrons. The molecule has 1 aliphatic rings. The molecule has 1 aromatic rings. The number of carbonyl (C=O) groups is 1. The SMILES string of the molecule is NC(=O)C1CCN(c2ncc(Br)cc2[N+](=O)[O-])CC1. The highest BCUT2D eigenvalue weighted by Crippen LogP contribution is 2.31. The molecule has 0 unspecified atom stereocenters. The van der Waals surface area contributed by atoms with Gasteiger partial charge < -0.3 is 10.6 Å². The molecule has 2 heterocycles. The molecule has 1 aliphatic heterocycles. The van der Waals surface area contributed by atoms with Crippen LogP contribution in [0.3, 0.4) is 0 Å². The zero-order valence-electron chi connectivity index (χ0n) is 10.1. The second-order valence-electron chi connectivity index (χ2n) is 4.42. The molecule has 2 N–H and O–H groups in total. The number of halogens is 1. The first-order valence-electron chi connectivity index (χ1n) is 5.83. The fraction of sp³-hybridized carbons (Fsp3) is 0.455. The molecule has 0 saturated carbocycles. The summed E-state index contributed by atoms with van der Waals surface area (Å²) in [5.41, 5.74) is 5.23. The topological polar surface area (TPSA) is 102 Å². The van der Waals surface area contributed by atoms with E-state index in [0.29, 0.717) is 36.2 Å². The van der Waals surface area contributed by atoms with Gasteiger partial charge in [0, 0.05) is 35.7 Å². The van der Waals surface area contributed by atoms with E-state index in [-0.39, 0.29) is 17.5 Å². The van der Waals surface area contributed by atoms with E-state index in [9.17, 15) is 14.9 Å². The van der Waals surface area contributed by atoms with Crippen molar-refractivity contribution in [3.05, 3.63) is 26.9 Å². The lowest BCUT2D eigenvalue weighted by Gasteiger charge is -2.30. The van der Waals surface area contributed by atoms with Crippen molar-refractivity contribution in [2.45, 2.75) is 12.8 Å². The van der Waals surface area contributed by atoms with E-state index in [4.69, 9.17) is 5.73 Å². The Morgan fingerprint density at radius 3 is 2.68 bits per heavy atom. The van der Waals surface area contributed by atoms with E-state index in [1.165, 1.54) is 12.3 Å². The van der Waals surface area contributed by atoms with E-state index in [1.54, 1.807) is 0 Å². The van der Waals surface area contributed by atoms with Crippen LogP contribution in [0, 0.1) is 16.0 Å². The average Bonchev–Trinajstić information content (AvgIpc) is 2.38. The molecule has 1 amide bonds. The highest BCUT2D eigenvalue weighted by Gasteiger charge is 2.28. The number of pyridine rings is 1. The van der Waals surface area contributed by atoms with Crippen molar-refractivity contribution < 1.29 is 9.72 Å². The van der Waals surface area contributed by atoms with Crippen LogP contribution in [0.15, 0.2) is 16.7 Å². The molecule has 1 fully saturated rings. The van der Waals surface area contributed by atoms with Crippen molar-refractivity contribution in [3.8, 4) is 0 Å². The second-order valence-corrected chi connectivity index (χ2v) is 5.33.